The molecule has 122 valence electrons. The summed E-state index contributed by atoms with van der Waals surface area (Å²) in [7, 11) is 0. The smallest absolute Gasteiger partial charge is 0.257 e. The fourth-order valence-electron chi connectivity index (χ4n) is 2.32. The zero-order chi connectivity index (χ0) is 16.7. The van der Waals surface area contributed by atoms with Gasteiger partial charge in [0, 0.05) is 25.0 Å². The molecule has 23 heavy (non-hydrogen) atoms. The van der Waals surface area contributed by atoms with Crippen molar-refractivity contribution in [3.05, 3.63) is 48.3 Å². The second kappa shape index (κ2) is 8.17. The Morgan fingerprint density at radius 3 is 2.43 bits per heavy atom. The van der Waals surface area contributed by atoms with E-state index in [9.17, 15) is 4.79 Å². The molecule has 1 aromatic heterocycles. The lowest BCUT2D eigenvalue weighted by Crippen LogP contribution is -2.22. The minimum Gasteiger partial charge on any atom is -0.494 e. The quantitative estimate of drug-likeness (QED) is 0.849. The molecule has 0 radical (unpaired) electrons. The van der Waals surface area contributed by atoms with E-state index in [1.807, 2.05) is 37.3 Å². The summed E-state index contributed by atoms with van der Waals surface area (Å²) in [6, 6.07) is 9.19. The van der Waals surface area contributed by atoms with Gasteiger partial charge in [0.25, 0.3) is 5.91 Å². The van der Waals surface area contributed by atoms with Crippen molar-refractivity contribution < 1.29 is 9.53 Å². The standard InChI is InChI=1S/C18H23N3O2/c1-4-21(5-2)16-11-14(12-19-13-16)18(22)20-15-7-9-17(10-8-15)23-6-3/h7-13H,4-6H2,1-3H3,(H,20,22). The Labute approximate surface area is 137 Å². The molecule has 1 aromatic carbocycles. The Morgan fingerprint density at radius 2 is 1.83 bits per heavy atom. The van der Waals surface area contributed by atoms with Crippen molar-refractivity contribution in [2.24, 2.45) is 0 Å². The van der Waals surface area contributed by atoms with E-state index in [0.29, 0.717) is 12.2 Å². The molecule has 0 atom stereocenters. The van der Waals surface area contributed by atoms with E-state index < -0.39 is 0 Å². The van der Waals surface area contributed by atoms with Gasteiger partial charge in [-0.15, -0.1) is 0 Å². The molecule has 0 fully saturated rings. The molecule has 0 bridgehead atoms. The van der Waals surface area contributed by atoms with Crippen LogP contribution in [0, 0.1) is 0 Å². The second-order valence-electron chi connectivity index (χ2n) is 5.02. The number of hydrogen-bond acceptors (Lipinski definition) is 4. The summed E-state index contributed by atoms with van der Waals surface area (Å²) in [5.41, 5.74) is 2.23. The third-order valence-electron chi connectivity index (χ3n) is 3.54. The summed E-state index contributed by atoms with van der Waals surface area (Å²) in [6.45, 7) is 8.47. The molecule has 0 saturated carbocycles. The van der Waals surface area contributed by atoms with E-state index in [4.69, 9.17) is 4.74 Å². The number of rotatable bonds is 7. The van der Waals surface area contributed by atoms with Crippen molar-refractivity contribution in [2.45, 2.75) is 20.8 Å². The van der Waals surface area contributed by atoms with Gasteiger partial charge in [0.1, 0.15) is 5.75 Å². The van der Waals surface area contributed by atoms with E-state index in [0.717, 1.165) is 30.2 Å². The van der Waals surface area contributed by atoms with Crippen molar-refractivity contribution in [3.63, 3.8) is 0 Å². The summed E-state index contributed by atoms with van der Waals surface area (Å²) >= 11 is 0. The second-order valence-corrected chi connectivity index (χ2v) is 5.02. The monoisotopic (exact) mass is 313 g/mol. The molecule has 0 aliphatic carbocycles. The topological polar surface area (TPSA) is 54.5 Å². The molecule has 1 amide bonds. The van der Waals surface area contributed by atoms with Gasteiger partial charge in [0.05, 0.1) is 24.1 Å². The first-order valence-corrected chi connectivity index (χ1v) is 7.92. The minimum absolute atomic E-state index is 0.171. The molecule has 0 aliphatic rings. The van der Waals surface area contributed by atoms with Gasteiger partial charge in [0.15, 0.2) is 0 Å². The van der Waals surface area contributed by atoms with Crippen molar-refractivity contribution >= 4 is 17.3 Å². The fourth-order valence-corrected chi connectivity index (χ4v) is 2.32. The lowest BCUT2D eigenvalue weighted by Gasteiger charge is -2.20. The Morgan fingerprint density at radius 1 is 1.13 bits per heavy atom. The minimum atomic E-state index is -0.171. The average molecular weight is 313 g/mol. The predicted molar refractivity (Wildman–Crippen MR) is 93.4 cm³/mol. The number of benzene rings is 1. The number of carbonyl (C=O) groups excluding carboxylic acids is 1. The Hall–Kier alpha value is -2.56. The van der Waals surface area contributed by atoms with Crippen LogP contribution in [0.15, 0.2) is 42.7 Å². The molecule has 0 saturated heterocycles. The first-order chi connectivity index (χ1) is 11.2. The summed E-state index contributed by atoms with van der Waals surface area (Å²) in [5.74, 6) is 0.617. The number of nitrogens with zero attached hydrogens (tertiary/aromatic N) is 2. The number of carbonyl (C=O) groups is 1. The third kappa shape index (κ3) is 4.45. The average Bonchev–Trinajstić information content (AvgIpc) is 2.58. The zero-order valence-electron chi connectivity index (χ0n) is 13.9. The van der Waals surface area contributed by atoms with Crippen molar-refractivity contribution in [3.8, 4) is 5.75 Å². The van der Waals surface area contributed by atoms with Crippen LogP contribution in [-0.2, 0) is 0 Å². The van der Waals surface area contributed by atoms with Crippen LogP contribution in [0.2, 0.25) is 0 Å². The van der Waals surface area contributed by atoms with E-state index >= 15 is 0 Å². The van der Waals surface area contributed by atoms with Gasteiger partial charge in [-0.05, 0) is 51.1 Å². The first-order valence-electron chi connectivity index (χ1n) is 7.92. The number of anilines is 2. The Bertz CT molecular complexity index is 637. The van der Waals surface area contributed by atoms with E-state index in [1.165, 1.54) is 0 Å². The van der Waals surface area contributed by atoms with Crippen LogP contribution in [-0.4, -0.2) is 30.6 Å². The maximum atomic E-state index is 12.4. The third-order valence-corrected chi connectivity index (χ3v) is 3.54. The van der Waals surface area contributed by atoms with Crippen LogP contribution < -0.4 is 15.0 Å². The highest BCUT2D eigenvalue weighted by Crippen LogP contribution is 2.18. The summed E-state index contributed by atoms with van der Waals surface area (Å²) in [6.07, 6.45) is 3.36. The zero-order valence-corrected chi connectivity index (χ0v) is 13.9. The molecule has 5 heteroatoms. The summed E-state index contributed by atoms with van der Waals surface area (Å²) < 4.78 is 5.39. The number of nitrogens with one attached hydrogen (secondary N) is 1. The van der Waals surface area contributed by atoms with Crippen LogP contribution in [0.1, 0.15) is 31.1 Å². The maximum Gasteiger partial charge on any atom is 0.257 e. The highest BCUT2D eigenvalue weighted by Gasteiger charge is 2.10. The highest BCUT2D eigenvalue weighted by atomic mass is 16.5. The van der Waals surface area contributed by atoms with Crippen molar-refractivity contribution in [2.75, 3.05) is 29.9 Å². The van der Waals surface area contributed by atoms with E-state index in [-0.39, 0.29) is 5.91 Å². The normalized spacial score (nSPS) is 10.2. The Balaban J connectivity index is 2.09. The van der Waals surface area contributed by atoms with Gasteiger partial charge in [-0.1, -0.05) is 0 Å². The molecule has 2 aromatic rings. The maximum absolute atomic E-state index is 12.4. The van der Waals surface area contributed by atoms with Gasteiger partial charge in [0.2, 0.25) is 0 Å². The molecule has 0 unspecified atom stereocenters. The van der Waals surface area contributed by atoms with E-state index in [1.54, 1.807) is 12.4 Å². The molecule has 2 rings (SSSR count). The molecule has 1 N–H and O–H groups in total. The SMILES string of the molecule is CCOc1ccc(NC(=O)c2cncc(N(CC)CC)c2)cc1. The number of ether oxygens (including phenoxy) is 1. The highest BCUT2D eigenvalue weighted by molar-refractivity contribution is 6.04. The van der Waals surface area contributed by atoms with Crippen LogP contribution in [0.3, 0.4) is 0 Å². The largest absolute Gasteiger partial charge is 0.494 e. The van der Waals surface area contributed by atoms with Gasteiger partial charge >= 0.3 is 0 Å². The fraction of sp³-hybridized carbons (Fsp3) is 0.333. The van der Waals surface area contributed by atoms with Gasteiger partial charge < -0.3 is 15.0 Å². The molecule has 0 spiro atoms. The van der Waals surface area contributed by atoms with Gasteiger partial charge in [-0.3, -0.25) is 9.78 Å². The number of amides is 1. The van der Waals surface area contributed by atoms with Crippen molar-refractivity contribution in [1.29, 1.82) is 0 Å². The molecule has 5 nitrogen and oxygen atoms in total. The van der Waals surface area contributed by atoms with Crippen LogP contribution in [0.25, 0.3) is 0 Å². The van der Waals surface area contributed by atoms with Gasteiger partial charge in [-0.2, -0.15) is 0 Å². The van der Waals surface area contributed by atoms with Crippen LogP contribution >= 0.6 is 0 Å². The summed E-state index contributed by atoms with van der Waals surface area (Å²) in [4.78, 5) is 18.7. The Kier molecular flexibility index (Phi) is 5.97. The summed E-state index contributed by atoms with van der Waals surface area (Å²) in [5, 5.41) is 2.88. The number of aromatic nitrogens is 1. The number of hydrogen-bond donors (Lipinski definition) is 1. The molecule has 1 heterocycles. The molecular weight excluding hydrogens is 290 g/mol. The molecule has 0 aliphatic heterocycles. The number of pyridine rings is 1. The van der Waals surface area contributed by atoms with Crippen LogP contribution in [0.5, 0.6) is 5.75 Å². The van der Waals surface area contributed by atoms with E-state index in [2.05, 4.69) is 29.0 Å². The van der Waals surface area contributed by atoms with Gasteiger partial charge in [-0.25, -0.2) is 0 Å². The first kappa shape index (κ1) is 16.8. The van der Waals surface area contributed by atoms with Crippen molar-refractivity contribution in [1.82, 2.24) is 4.98 Å². The lowest BCUT2D eigenvalue weighted by atomic mass is 10.2. The predicted octanol–water partition coefficient (Wildman–Crippen LogP) is 3.58. The van der Waals surface area contributed by atoms with Crippen LogP contribution in [0.4, 0.5) is 11.4 Å². The molecular formula is C18H23N3O2. The lowest BCUT2D eigenvalue weighted by molar-refractivity contribution is 0.102.